The summed E-state index contributed by atoms with van der Waals surface area (Å²) in [5.74, 6) is 0.0177. The van der Waals surface area contributed by atoms with Gasteiger partial charge in [0, 0.05) is 5.56 Å². The average molecular weight is 364 g/mol. The molecule has 0 saturated heterocycles. The Hall–Kier alpha value is -3.61. The van der Waals surface area contributed by atoms with Crippen molar-refractivity contribution >= 4 is 12.1 Å². The van der Waals surface area contributed by atoms with Crippen LogP contribution in [-0.4, -0.2) is 34.0 Å². The quantitative estimate of drug-likeness (QED) is 0.462. The minimum atomic E-state index is -0.402. The lowest BCUT2D eigenvalue weighted by molar-refractivity contribution is 0.0950. The van der Waals surface area contributed by atoms with Gasteiger partial charge in [-0.05, 0) is 43.7 Å². The molecule has 0 aliphatic carbocycles. The molecule has 138 valence electrons. The van der Waals surface area contributed by atoms with Crippen LogP contribution in [0.15, 0.2) is 53.6 Å². The highest BCUT2D eigenvalue weighted by Crippen LogP contribution is 2.26. The summed E-state index contributed by atoms with van der Waals surface area (Å²) in [5.41, 5.74) is 6.20. The number of aromatic nitrogens is 2. The van der Waals surface area contributed by atoms with Crippen molar-refractivity contribution in [1.82, 2.24) is 15.6 Å². The molecule has 0 spiro atoms. The third-order valence-electron chi connectivity index (χ3n) is 3.83. The van der Waals surface area contributed by atoms with E-state index in [1.807, 2.05) is 38.1 Å². The summed E-state index contributed by atoms with van der Waals surface area (Å²) in [6.45, 7) is 4.28. The van der Waals surface area contributed by atoms with E-state index < -0.39 is 5.91 Å². The van der Waals surface area contributed by atoms with E-state index in [9.17, 15) is 9.90 Å². The lowest BCUT2D eigenvalue weighted by Gasteiger charge is -2.05. The van der Waals surface area contributed by atoms with Gasteiger partial charge in [-0.1, -0.05) is 29.8 Å². The lowest BCUT2D eigenvalue weighted by atomic mass is 10.1. The Balaban J connectivity index is 1.65. The molecule has 0 unspecified atom stereocenters. The van der Waals surface area contributed by atoms with Crippen LogP contribution in [0.25, 0.3) is 11.3 Å². The molecule has 0 saturated carbocycles. The number of hydrazone groups is 1. The molecule has 0 radical (unpaired) electrons. The Labute approximate surface area is 156 Å². The van der Waals surface area contributed by atoms with Crippen molar-refractivity contribution in [1.29, 1.82) is 0 Å². The number of nitrogens with one attached hydrogen (secondary N) is 2. The second-order valence-corrected chi connectivity index (χ2v) is 5.89. The van der Waals surface area contributed by atoms with Crippen LogP contribution in [0.5, 0.6) is 11.5 Å². The van der Waals surface area contributed by atoms with Crippen LogP contribution in [-0.2, 0) is 0 Å². The number of rotatable bonds is 6. The van der Waals surface area contributed by atoms with Crippen molar-refractivity contribution in [3.63, 3.8) is 0 Å². The second-order valence-electron chi connectivity index (χ2n) is 5.89. The molecule has 0 aliphatic heterocycles. The smallest absolute Gasteiger partial charge is 0.289 e. The molecule has 1 amide bonds. The molecule has 3 N–H and O–H groups in total. The van der Waals surface area contributed by atoms with Gasteiger partial charge in [-0.3, -0.25) is 9.89 Å². The maximum Gasteiger partial charge on any atom is 0.289 e. The monoisotopic (exact) mass is 364 g/mol. The first kappa shape index (κ1) is 18.2. The zero-order valence-corrected chi connectivity index (χ0v) is 15.1. The summed E-state index contributed by atoms with van der Waals surface area (Å²) in [4.78, 5) is 12.2. The number of phenolic OH excluding ortho intramolecular Hbond substituents is 1. The molecule has 0 atom stereocenters. The molecular weight excluding hydrogens is 344 g/mol. The molecule has 7 nitrogen and oxygen atoms in total. The minimum absolute atomic E-state index is 0.0548. The van der Waals surface area contributed by atoms with Crippen LogP contribution in [0.1, 0.15) is 28.5 Å². The lowest BCUT2D eigenvalue weighted by Crippen LogP contribution is -2.18. The Bertz CT molecular complexity index is 962. The SMILES string of the molecule is CCOc1cc(/C=N/NC(=O)c2cc(-c3ccc(C)cc3)n[nH]2)ccc1O. The Morgan fingerprint density at radius 2 is 2.04 bits per heavy atom. The number of hydrogen-bond acceptors (Lipinski definition) is 5. The van der Waals surface area contributed by atoms with E-state index in [1.165, 1.54) is 12.3 Å². The summed E-state index contributed by atoms with van der Waals surface area (Å²) >= 11 is 0. The van der Waals surface area contributed by atoms with Gasteiger partial charge < -0.3 is 9.84 Å². The van der Waals surface area contributed by atoms with Crippen molar-refractivity contribution in [2.75, 3.05) is 6.61 Å². The second kappa shape index (κ2) is 8.18. The number of carbonyl (C=O) groups is 1. The summed E-state index contributed by atoms with van der Waals surface area (Å²) in [7, 11) is 0. The maximum absolute atomic E-state index is 12.2. The third-order valence-corrected chi connectivity index (χ3v) is 3.83. The van der Waals surface area contributed by atoms with Gasteiger partial charge in [0.2, 0.25) is 0 Å². The predicted octanol–water partition coefficient (Wildman–Crippen LogP) is 3.25. The van der Waals surface area contributed by atoms with Crippen LogP contribution >= 0.6 is 0 Å². The number of phenols is 1. The summed E-state index contributed by atoms with van der Waals surface area (Å²) < 4.78 is 5.31. The fraction of sp³-hybridized carbons (Fsp3) is 0.150. The number of nitrogens with zero attached hydrogens (tertiary/aromatic N) is 2. The topological polar surface area (TPSA) is 99.6 Å². The highest BCUT2D eigenvalue weighted by molar-refractivity contribution is 5.94. The summed E-state index contributed by atoms with van der Waals surface area (Å²) in [6.07, 6.45) is 1.47. The van der Waals surface area contributed by atoms with Gasteiger partial charge in [0.1, 0.15) is 5.69 Å². The van der Waals surface area contributed by atoms with E-state index >= 15 is 0 Å². The van der Waals surface area contributed by atoms with Crippen molar-refractivity contribution in [3.05, 3.63) is 65.4 Å². The first-order valence-corrected chi connectivity index (χ1v) is 8.48. The molecule has 2 aromatic carbocycles. The molecule has 0 fully saturated rings. The molecule has 1 aromatic heterocycles. The largest absolute Gasteiger partial charge is 0.504 e. The fourth-order valence-electron chi connectivity index (χ4n) is 2.42. The molecule has 3 aromatic rings. The van der Waals surface area contributed by atoms with Crippen LogP contribution in [0.2, 0.25) is 0 Å². The zero-order chi connectivity index (χ0) is 19.2. The van der Waals surface area contributed by atoms with Gasteiger partial charge in [-0.2, -0.15) is 10.2 Å². The third kappa shape index (κ3) is 4.52. The average Bonchev–Trinajstić information content (AvgIpc) is 3.15. The molecule has 7 heteroatoms. The highest BCUT2D eigenvalue weighted by Gasteiger charge is 2.10. The number of amides is 1. The van der Waals surface area contributed by atoms with Crippen LogP contribution in [0, 0.1) is 6.92 Å². The van der Waals surface area contributed by atoms with Crippen LogP contribution in [0.3, 0.4) is 0 Å². The first-order chi connectivity index (χ1) is 13.1. The highest BCUT2D eigenvalue weighted by atomic mass is 16.5. The number of aryl methyl sites for hydroxylation is 1. The van der Waals surface area contributed by atoms with Crippen LogP contribution < -0.4 is 10.2 Å². The Morgan fingerprint density at radius 3 is 2.78 bits per heavy atom. The molecule has 27 heavy (non-hydrogen) atoms. The molecular formula is C20H20N4O3. The van der Waals surface area contributed by atoms with Gasteiger partial charge in [-0.25, -0.2) is 5.43 Å². The molecule has 0 aliphatic rings. The number of aromatic amines is 1. The first-order valence-electron chi connectivity index (χ1n) is 8.48. The van der Waals surface area contributed by atoms with Crippen molar-refractivity contribution in [2.24, 2.45) is 5.10 Å². The minimum Gasteiger partial charge on any atom is -0.504 e. The van der Waals surface area contributed by atoms with Crippen molar-refractivity contribution in [2.45, 2.75) is 13.8 Å². The van der Waals surface area contributed by atoms with Crippen molar-refractivity contribution in [3.8, 4) is 22.8 Å². The predicted molar refractivity (Wildman–Crippen MR) is 103 cm³/mol. The van der Waals surface area contributed by atoms with E-state index in [2.05, 4.69) is 20.7 Å². The summed E-state index contributed by atoms with van der Waals surface area (Å²) in [5, 5.41) is 20.5. The number of hydrogen-bond donors (Lipinski definition) is 3. The standard InChI is InChI=1S/C20H20N4O3/c1-3-27-19-10-14(6-9-18(19)25)12-21-24-20(26)17-11-16(22-23-17)15-7-4-13(2)5-8-15/h4-12,25H,3H2,1-2H3,(H,22,23)(H,24,26)/b21-12+. The summed E-state index contributed by atoms with van der Waals surface area (Å²) in [6, 6.07) is 14.4. The van der Waals surface area contributed by atoms with Crippen LogP contribution in [0.4, 0.5) is 0 Å². The molecule has 3 rings (SSSR count). The zero-order valence-electron chi connectivity index (χ0n) is 15.1. The number of H-pyrrole nitrogens is 1. The number of benzene rings is 2. The van der Waals surface area contributed by atoms with E-state index in [0.717, 1.165) is 11.1 Å². The van der Waals surface area contributed by atoms with Gasteiger partial charge in [0.25, 0.3) is 5.91 Å². The van der Waals surface area contributed by atoms with Gasteiger partial charge in [0.05, 0.1) is 18.5 Å². The van der Waals surface area contributed by atoms with Gasteiger partial charge in [-0.15, -0.1) is 0 Å². The van der Waals surface area contributed by atoms with E-state index in [-0.39, 0.29) is 5.75 Å². The molecule has 1 heterocycles. The maximum atomic E-state index is 12.2. The van der Waals surface area contributed by atoms with E-state index in [1.54, 1.807) is 18.2 Å². The number of aromatic hydroxyl groups is 1. The normalized spacial score (nSPS) is 10.9. The number of carbonyl (C=O) groups excluding carboxylic acids is 1. The van der Waals surface area contributed by atoms with E-state index in [4.69, 9.17) is 4.74 Å². The van der Waals surface area contributed by atoms with Crippen molar-refractivity contribution < 1.29 is 14.6 Å². The number of ether oxygens (including phenoxy) is 1. The fourth-order valence-corrected chi connectivity index (χ4v) is 2.42. The van der Waals surface area contributed by atoms with Gasteiger partial charge in [0.15, 0.2) is 11.5 Å². The Kier molecular flexibility index (Phi) is 5.51. The van der Waals surface area contributed by atoms with Gasteiger partial charge >= 0.3 is 0 Å². The molecule has 0 bridgehead atoms. The Morgan fingerprint density at radius 1 is 1.26 bits per heavy atom. The van der Waals surface area contributed by atoms with E-state index in [0.29, 0.717) is 29.3 Å².